The molecule has 0 amide bonds. The summed E-state index contributed by atoms with van der Waals surface area (Å²) in [5.41, 5.74) is 2.22. The van der Waals surface area contributed by atoms with Gasteiger partial charge in [-0.2, -0.15) is 0 Å². The zero-order chi connectivity index (χ0) is 19.3. The Balaban J connectivity index is 1.47. The highest BCUT2D eigenvalue weighted by Gasteiger charge is 2.35. The summed E-state index contributed by atoms with van der Waals surface area (Å²) >= 11 is 0. The number of rotatable bonds is 6. The second-order valence-corrected chi connectivity index (χ2v) is 6.61. The van der Waals surface area contributed by atoms with Crippen molar-refractivity contribution in [1.29, 1.82) is 0 Å². The van der Waals surface area contributed by atoms with Crippen LogP contribution in [0.3, 0.4) is 0 Å². The van der Waals surface area contributed by atoms with Crippen molar-refractivity contribution in [2.75, 3.05) is 11.7 Å². The first-order valence-electron chi connectivity index (χ1n) is 9.14. The fraction of sp³-hybridized carbons (Fsp3) is 0.182. The minimum Gasteiger partial charge on any atom is -0.491 e. The number of benzene rings is 3. The maximum absolute atomic E-state index is 10.8. The second-order valence-electron chi connectivity index (χ2n) is 6.61. The van der Waals surface area contributed by atoms with Gasteiger partial charge in [0.1, 0.15) is 18.5 Å². The van der Waals surface area contributed by atoms with E-state index >= 15 is 0 Å². The van der Waals surface area contributed by atoms with Gasteiger partial charge in [0.15, 0.2) is 0 Å². The maximum Gasteiger partial charge on any atom is 0.269 e. The molecule has 3 aromatic rings. The Kier molecular flexibility index (Phi) is 5.21. The molecule has 0 saturated carbocycles. The second kappa shape index (κ2) is 8.10. The Morgan fingerprint density at radius 2 is 1.61 bits per heavy atom. The molecule has 6 nitrogen and oxygen atoms in total. The molecule has 0 spiro atoms. The van der Waals surface area contributed by atoms with Gasteiger partial charge in [-0.1, -0.05) is 48.5 Å². The van der Waals surface area contributed by atoms with E-state index in [1.54, 1.807) is 12.1 Å². The Morgan fingerprint density at radius 1 is 0.964 bits per heavy atom. The molecule has 0 bridgehead atoms. The molecule has 28 heavy (non-hydrogen) atoms. The van der Waals surface area contributed by atoms with Gasteiger partial charge in [-0.3, -0.25) is 15.0 Å². The fourth-order valence-electron chi connectivity index (χ4n) is 3.34. The molecule has 0 N–H and O–H groups in total. The van der Waals surface area contributed by atoms with E-state index in [9.17, 15) is 10.1 Å². The monoisotopic (exact) mass is 376 g/mol. The van der Waals surface area contributed by atoms with Crippen LogP contribution in [0.2, 0.25) is 0 Å². The van der Waals surface area contributed by atoms with Crippen LogP contribution in [-0.2, 0) is 4.84 Å². The van der Waals surface area contributed by atoms with Gasteiger partial charge in [-0.15, -0.1) is 0 Å². The summed E-state index contributed by atoms with van der Waals surface area (Å²) in [5.74, 6) is 0.587. The van der Waals surface area contributed by atoms with Crippen molar-refractivity contribution in [2.24, 2.45) is 0 Å². The Labute approximate surface area is 163 Å². The average Bonchev–Trinajstić information content (AvgIpc) is 3.18. The van der Waals surface area contributed by atoms with Gasteiger partial charge in [0, 0.05) is 18.6 Å². The molecule has 1 aliphatic rings. The fourth-order valence-corrected chi connectivity index (χ4v) is 3.34. The van der Waals surface area contributed by atoms with Crippen LogP contribution in [0, 0.1) is 10.1 Å². The minimum absolute atomic E-state index is 0.0452. The van der Waals surface area contributed by atoms with Crippen LogP contribution >= 0.6 is 0 Å². The number of non-ortho nitro benzene ring substituents is 1. The van der Waals surface area contributed by atoms with Gasteiger partial charge in [0.25, 0.3) is 5.69 Å². The molecule has 0 aromatic heterocycles. The number of hydrogen-bond donors (Lipinski definition) is 0. The molecule has 1 fully saturated rings. The molecule has 1 heterocycles. The van der Waals surface area contributed by atoms with Crippen LogP contribution in [0.5, 0.6) is 5.75 Å². The van der Waals surface area contributed by atoms with Crippen molar-refractivity contribution in [3.05, 3.63) is 101 Å². The molecular formula is C22H20N2O4. The Hall–Kier alpha value is -3.38. The summed E-state index contributed by atoms with van der Waals surface area (Å²) in [7, 11) is 0. The highest BCUT2D eigenvalue weighted by Crippen LogP contribution is 2.38. The first kappa shape index (κ1) is 18.0. The van der Waals surface area contributed by atoms with E-state index in [-0.39, 0.29) is 17.8 Å². The smallest absolute Gasteiger partial charge is 0.269 e. The molecule has 142 valence electrons. The molecule has 3 aromatic carbocycles. The first-order valence-corrected chi connectivity index (χ1v) is 9.14. The van der Waals surface area contributed by atoms with Crippen LogP contribution in [0.25, 0.3) is 0 Å². The largest absolute Gasteiger partial charge is 0.491 e. The Morgan fingerprint density at radius 3 is 2.25 bits per heavy atom. The van der Waals surface area contributed by atoms with Crippen LogP contribution in [-0.4, -0.2) is 17.6 Å². The summed E-state index contributed by atoms with van der Waals surface area (Å²) in [6.07, 6.45) is 0.659. The number of hydroxylamine groups is 1. The predicted octanol–water partition coefficient (Wildman–Crippen LogP) is 4.93. The molecule has 1 saturated heterocycles. The number of para-hydroxylation sites is 1. The zero-order valence-corrected chi connectivity index (χ0v) is 15.2. The van der Waals surface area contributed by atoms with E-state index in [0.29, 0.717) is 12.4 Å². The van der Waals surface area contributed by atoms with Crippen molar-refractivity contribution in [3.63, 3.8) is 0 Å². The van der Waals surface area contributed by atoms with Gasteiger partial charge in [-0.05, 0) is 29.8 Å². The van der Waals surface area contributed by atoms with Crippen LogP contribution in [0.15, 0.2) is 84.9 Å². The maximum atomic E-state index is 10.8. The number of ether oxygens (including phenoxy) is 1. The number of nitro groups is 1. The molecule has 2 atom stereocenters. The molecule has 4 rings (SSSR count). The van der Waals surface area contributed by atoms with E-state index < -0.39 is 4.92 Å². The number of anilines is 1. The van der Waals surface area contributed by atoms with E-state index in [1.165, 1.54) is 17.7 Å². The zero-order valence-electron chi connectivity index (χ0n) is 15.2. The summed E-state index contributed by atoms with van der Waals surface area (Å²) in [6, 6.07) is 26.4. The van der Waals surface area contributed by atoms with Crippen molar-refractivity contribution < 1.29 is 14.5 Å². The summed E-state index contributed by atoms with van der Waals surface area (Å²) in [5, 5.41) is 12.7. The topological polar surface area (TPSA) is 64.8 Å². The molecule has 0 radical (unpaired) electrons. The van der Waals surface area contributed by atoms with Gasteiger partial charge >= 0.3 is 0 Å². The van der Waals surface area contributed by atoms with Gasteiger partial charge in [-0.25, -0.2) is 5.06 Å². The molecule has 0 aliphatic carbocycles. The summed E-state index contributed by atoms with van der Waals surface area (Å²) < 4.78 is 5.82. The predicted molar refractivity (Wildman–Crippen MR) is 106 cm³/mol. The highest BCUT2D eigenvalue weighted by molar-refractivity contribution is 5.47. The van der Waals surface area contributed by atoms with Gasteiger partial charge in [0.2, 0.25) is 0 Å². The number of nitro benzene ring substituents is 1. The molecule has 1 aliphatic heterocycles. The van der Waals surface area contributed by atoms with E-state index in [1.807, 2.05) is 53.6 Å². The molecule has 6 heteroatoms. The number of hydrogen-bond acceptors (Lipinski definition) is 5. The van der Waals surface area contributed by atoms with Crippen LogP contribution in [0.4, 0.5) is 11.4 Å². The third-order valence-corrected chi connectivity index (χ3v) is 4.71. The minimum atomic E-state index is -0.425. The van der Waals surface area contributed by atoms with Crippen molar-refractivity contribution in [1.82, 2.24) is 0 Å². The van der Waals surface area contributed by atoms with Crippen molar-refractivity contribution in [3.8, 4) is 5.75 Å². The van der Waals surface area contributed by atoms with Gasteiger partial charge in [0.05, 0.1) is 16.7 Å². The first-order chi connectivity index (χ1) is 13.7. The highest BCUT2D eigenvalue weighted by atomic mass is 16.7. The van der Waals surface area contributed by atoms with Crippen LogP contribution in [0.1, 0.15) is 18.0 Å². The standard InChI is InChI=1S/C22H20N2O4/c25-24(26)19-11-13-20(14-12-19)27-16-21-15-22(17-7-3-1-4-8-17)23(28-21)18-9-5-2-6-10-18/h1-14,21-22H,15-16H2. The van der Waals surface area contributed by atoms with E-state index in [4.69, 9.17) is 9.57 Å². The SMILES string of the molecule is O=[N+]([O-])c1ccc(OCC2CC(c3ccccc3)N(c3ccccc3)O2)cc1. The third-order valence-electron chi connectivity index (χ3n) is 4.71. The average molecular weight is 376 g/mol. The quantitative estimate of drug-likeness (QED) is 0.451. The molecule has 2 unspecified atom stereocenters. The number of nitrogens with zero attached hydrogens (tertiary/aromatic N) is 2. The van der Waals surface area contributed by atoms with Crippen LogP contribution < -0.4 is 9.80 Å². The lowest BCUT2D eigenvalue weighted by atomic mass is 10.0. The lowest BCUT2D eigenvalue weighted by Crippen LogP contribution is -2.23. The van der Waals surface area contributed by atoms with Crippen molar-refractivity contribution >= 4 is 11.4 Å². The normalized spacial score (nSPS) is 18.8. The van der Waals surface area contributed by atoms with E-state index in [0.717, 1.165) is 12.1 Å². The lowest BCUT2D eigenvalue weighted by molar-refractivity contribution is -0.384. The van der Waals surface area contributed by atoms with E-state index in [2.05, 4.69) is 12.1 Å². The third kappa shape index (κ3) is 3.97. The summed E-state index contributed by atoms with van der Waals surface area (Å²) in [6.45, 7) is 0.366. The van der Waals surface area contributed by atoms with Gasteiger partial charge < -0.3 is 4.74 Å². The Bertz CT molecular complexity index is 869. The molecular weight excluding hydrogens is 356 g/mol. The summed E-state index contributed by atoms with van der Waals surface area (Å²) in [4.78, 5) is 16.5. The van der Waals surface area contributed by atoms with Crippen molar-refractivity contribution in [2.45, 2.75) is 18.6 Å². The lowest BCUT2D eigenvalue weighted by Gasteiger charge is -2.25.